The van der Waals surface area contributed by atoms with E-state index in [2.05, 4.69) is 34.3 Å². The second-order valence-electron chi connectivity index (χ2n) is 4.42. The largest absolute Gasteiger partial charge is 0.458 e. The number of esters is 1. The first-order chi connectivity index (χ1) is 6.93. The van der Waals surface area contributed by atoms with E-state index in [1.54, 1.807) is 6.92 Å². The lowest BCUT2D eigenvalue weighted by Gasteiger charge is -2.28. The molecule has 88 valence electrons. The summed E-state index contributed by atoms with van der Waals surface area (Å²) in [6.45, 7) is 13.8. The van der Waals surface area contributed by atoms with E-state index in [4.69, 9.17) is 4.74 Å². The molecular weight excluding hydrogens is 188 g/mol. The fourth-order valence-corrected chi connectivity index (χ4v) is 1.48. The smallest absolute Gasteiger partial charge is 0.333 e. The van der Waals surface area contributed by atoms with Gasteiger partial charge in [-0.25, -0.2) is 4.79 Å². The second-order valence-corrected chi connectivity index (χ2v) is 4.42. The molecule has 0 aromatic rings. The monoisotopic (exact) mass is 212 g/mol. The molecule has 0 aliphatic rings. The van der Waals surface area contributed by atoms with Crippen LogP contribution in [-0.2, 0) is 9.53 Å². The van der Waals surface area contributed by atoms with Crippen LogP contribution in [0.15, 0.2) is 12.2 Å². The van der Waals surface area contributed by atoms with Crippen molar-refractivity contribution in [1.82, 2.24) is 0 Å². The van der Waals surface area contributed by atoms with E-state index in [0.717, 1.165) is 12.8 Å². The van der Waals surface area contributed by atoms with Crippen LogP contribution in [0, 0.1) is 11.8 Å². The van der Waals surface area contributed by atoms with Crippen LogP contribution in [-0.4, -0.2) is 12.1 Å². The molecule has 0 aliphatic heterocycles. The average Bonchev–Trinajstić information content (AvgIpc) is 2.23. The maximum Gasteiger partial charge on any atom is 0.333 e. The van der Waals surface area contributed by atoms with Crippen molar-refractivity contribution < 1.29 is 9.53 Å². The highest BCUT2D eigenvalue weighted by atomic mass is 16.5. The van der Waals surface area contributed by atoms with Gasteiger partial charge >= 0.3 is 5.97 Å². The van der Waals surface area contributed by atoms with Crippen molar-refractivity contribution in [3.63, 3.8) is 0 Å². The Balaban J connectivity index is 4.50. The van der Waals surface area contributed by atoms with Gasteiger partial charge < -0.3 is 4.74 Å². The fourth-order valence-electron chi connectivity index (χ4n) is 1.48. The third kappa shape index (κ3) is 4.50. The van der Waals surface area contributed by atoms with E-state index >= 15 is 0 Å². The molecule has 2 heteroatoms. The number of carbonyl (C=O) groups is 1. The van der Waals surface area contributed by atoms with Crippen LogP contribution < -0.4 is 0 Å². The molecule has 0 N–H and O–H groups in total. The quantitative estimate of drug-likeness (QED) is 0.497. The Morgan fingerprint density at radius 3 is 1.87 bits per heavy atom. The summed E-state index contributed by atoms with van der Waals surface area (Å²) < 4.78 is 5.48. The van der Waals surface area contributed by atoms with Crippen LogP contribution >= 0.6 is 0 Å². The Kier molecular flexibility index (Phi) is 6.30. The lowest BCUT2D eigenvalue weighted by molar-refractivity contribution is -0.150. The summed E-state index contributed by atoms with van der Waals surface area (Å²) in [4.78, 5) is 11.5. The lowest BCUT2D eigenvalue weighted by atomic mass is 9.90. The molecule has 0 saturated carbocycles. The van der Waals surface area contributed by atoms with Crippen molar-refractivity contribution in [2.45, 2.75) is 53.6 Å². The summed E-state index contributed by atoms with van der Waals surface area (Å²) in [5, 5.41) is 0. The standard InChI is InChI=1S/C13H24O2/c1-7-10(5)12(11(6)8-2)15-13(14)9(3)4/h10-12H,3,7-8H2,1-2,4-6H3. The maximum absolute atomic E-state index is 11.5. The number of carbonyl (C=O) groups excluding carboxylic acids is 1. The zero-order valence-electron chi connectivity index (χ0n) is 10.7. The first-order valence-electron chi connectivity index (χ1n) is 5.80. The van der Waals surface area contributed by atoms with Crippen LogP contribution in [0.3, 0.4) is 0 Å². The Morgan fingerprint density at radius 1 is 1.20 bits per heavy atom. The first-order valence-corrected chi connectivity index (χ1v) is 5.80. The summed E-state index contributed by atoms with van der Waals surface area (Å²) >= 11 is 0. The molecule has 0 heterocycles. The van der Waals surface area contributed by atoms with Crippen LogP contribution in [0.2, 0.25) is 0 Å². The molecule has 2 unspecified atom stereocenters. The summed E-state index contributed by atoms with van der Waals surface area (Å²) in [5.74, 6) is 0.548. The summed E-state index contributed by atoms with van der Waals surface area (Å²) in [7, 11) is 0. The maximum atomic E-state index is 11.5. The molecule has 2 nitrogen and oxygen atoms in total. The minimum absolute atomic E-state index is 0.0178. The topological polar surface area (TPSA) is 26.3 Å². The molecule has 0 amide bonds. The summed E-state index contributed by atoms with van der Waals surface area (Å²) in [5.41, 5.74) is 0.478. The molecule has 0 rings (SSSR count). The lowest BCUT2D eigenvalue weighted by Crippen LogP contribution is -2.31. The predicted molar refractivity (Wildman–Crippen MR) is 63.6 cm³/mol. The van der Waals surface area contributed by atoms with Crippen LogP contribution in [0.25, 0.3) is 0 Å². The van der Waals surface area contributed by atoms with Crippen LogP contribution in [0.5, 0.6) is 0 Å². The fraction of sp³-hybridized carbons (Fsp3) is 0.769. The molecule has 0 radical (unpaired) electrons. The van der Waals surface area contributed by atoms with Crippen LogP contribution in [0.4, 0.5) is 0 Å². The Bertz CT molecular complexity index is 211. The summed E-state index contributed by atoms with van der Waals surface area (Å²) in [6.07, 6.45) is 2.07. The molecule has 15 heavy (non-hydrogen) atoms. The number of ether oxygens (including phenoxy) is 1. The van der Waals surface area contributed by atoms with E-state index in [1.807, 2.05) is 0 Å². The van der Waals surface area contributed by atoms with Gasteiger partial charge in [-0.1, -0.05) is 47.1 Å². The second kappa shape index (κ2) is 6.65. The minimum Gasteiger partial charge on any atom is -0.458 e. The van der Waals surface area contributed by atoms with Crippen molar-refractivity contribution in [1.29, 1.82) is 0 Å². The Hall–Kier alpha value is -0.790. The van der Waals surface area contributed by atoms with Crippen molar-refractivity contribution in [2.75, 3.05) is 0 Å². The van der Waals surface area contributed by atoms with Gasteiger partial charge in [-0.2, -0.15) is 0 Å². The number of hydrogen-bond donors (Lipinski definition) is 0. The summed E-state index contributed by atoms with van der Waals surface area (Å²) in [6, 6.07) is 0. The number of rotatable bonds is 6. The van der Waals surface area contributed by atoms with Crippen molar-refractivity contribution in [3.8, 4) is 0 Å². The van der Waals surface area contributed by atoms with Crippen LogP contribution in [0.1, 0.15) is 47.5 Å². The minimum atomic E-state index is -0.263. The van der Waals surface area contributed by atoms with Gasteiger partial charge in [0.2, 0.25) is 0 Å². The van der Waals surface area contributed by atoms with E-state index in [-0.39, 0.29) is 12.1 Å². The molecule has 0 fully saturated rings. The predicted octanol–water partition coefficient (Wildman–Crippen LogP) is 3.57. The third-order valence-electron chi connectivity index (χ3n) is 3.00. The highest BCUT2D eigenvalue weighted by molar-refractivity contribution is 5.87. The van der Waals surface area contributed by atoms with Gasteiger partial charge in [0, 0.05) is 5.57 Å². The molecule has 0 saturated heterocycles. The Morgan fingerprint density at radius 2 is 1.60 bits per heavy atom. The average molecular weight is 212 g/mol. The zero-order chi connectivity index (χ0) is 12.0. The van der Waals surface area contributed by atoms with Crippen molar-refractivity contribution >= 4 is 5.97 Å². The van der Waals surface area contributed by atoms with Crippen molar-refractivity contribution in [3.05, 3.63) is 12.2 Å². The molecule has 0 aromatic heterocycles. The first kappa shape index (κ1) is 14.2. The van der Waals surface area contributed by atoms with Gasteiger partial charge in [-0.3, -0.25) is 0 Å². The van der Waals surface area contributed by atoms with E-state index in [1.165, 1.54) is 0 Å². The van der Waals surface area contributed by atoms with Crippen molar-refractivity contribution in [2.24, 2.45) is 11.8 Å². The molecule has 0 spiro atoms. The normalized spacial score (nSPS) is 16.6. The molecule has 0 bridgehead atoms. The van der Waals surface area contributed by atoms with Gasteiger partial charge in [-0.15, -0.1) is 0 Å². The molecule has 0 aromatic carbocycles. The molecular formula is C13H24O2. The third-order valence-corrected chi connectivity index (χ3v) is 3.00. The zero-order valence-corrected chi connectivity index (χ0v) is 10.7. The highest BCUT2D eigenvalue weighted by Crippen LogP contribution is 2.22. The van der Waals surface area contributed by atoms with Gasteiger partial charge in [-0.05, 0) is 18.8 Å². The van der Waals surface area contributed by atoms with Gasteiger partial charge in [0.05, 0.1) is 0 Å². The van der Waals surface area contributed by atoms with E-state index in [0.29, 0.717) is 17.4 Å². The Labute approximate surface area is 93.7 Å². The SMILES string of the molecule is C=C(C)C(=O)OC(C(C)CC)C(C)CC. The van der Waals surface area contributed by atoms with Gasteiger partial charge in [0.15, 0.2) is 0 Å². The number of hydrogen-bond acceptors (Lipinski definition) is 2. The van der Waals surface area contributed by atoms with Gasteiger partial charge in [0.25, 0.3) is 0 Å². The van der Waals surface area contributed by atoms with E-state index in [9.17, 15) is 4.79 Å². The van der Waals surface area contributed by atoms with E-state index < -0.39 is 0 Å². The highest BCUT2D eigenvalue weighted by Gasteiger charge is 2.25. The molecule has 0 aliphatic carbocycles. The molecule has 2 atom stereocenters. The van der Waals surface area contributed by atoms with Gasteiger partial charge in [0.1, 0.15) is 6.10 Å².